The first kappa shape index (κ1) is 16.4. The second-order valence-electron chi connectivity index (χ2n) is 7.24. The number of ether oxygens (including phenoxy) is 2. The van der Waals surface area contributed by atoms with Crippen molar-refractivity contribution in [2.45, 2.75) is 52.5 Å². The molecule has 0 amide bonds. The highest BCUT2D eigenvalue weighted by Gasteiger charge is 2.33. The Morgan fingerprint density at radius 1 is 1.14 bits per heavy atom. The Bertz CT molecular complexity index is 455. The summed E-state index contributed by atoms with van der Waals surface area (Å²) in [6, 6.07) is 6.93. The quantitative estimate of drug-likeness (QED) is 0.923. The van der Waals surface area contributed by atoms with Gasteiger partial charge >= 0.3 is 0 Å². The van der Waals surface area contributed by atoms with E-state index in [4.69, 9.17) is 9.47 Å². The van der Waals surface area contributed by atoms with E-state index in [1.165, 1.54) is 12.1 Å². The Morgan fingerprint density at radius 3 is 2.14 bits per heavy atom. The molecule has 0 aromatic heterocycles. The van der Waals surface area contributed by atoms with Gasteiger partial charge in [0.2, 0.25) is 0 Å². The molecule has 1 aliphatic rings. The SMILES string of the molecule is CC1(C)OCC(NC(c2ccc(F)cc2)C(C)(C)C)CO1. The zero-order chi connectivity index (χ0) is 15.7. The molecular formula is C17H26FNO2. The van der Waals surface area contributed by atoms with E-state index >= 15 is 0 Å². The molecule has 1 saturated heterocycles. The molecular weight excluding hydrogens is 269 g/mol. The first-order valence-corrected chi connectivity index (χ1v) is 7.47. The van der Waals surface area contributed by atoms with Gasteiger partial charge in [0.15, 0.2) is 5.79 Å². The van der Waals surface area contributed by atoms with Crippen LogP contribution < -0.4 is 5.32 Å². The van der Waals surface area contributed by atoms with Crippen molar-refractivity contribution in [1.29, 1.82) is 0 Å². The molecule has 0 saturated carbocycles. The van der Waals surface area contributed by atoms with Crippen molar-refractivity contribution in [2.24, 2.45) is 5.41 Å². The summed E-state index contributed by atoms with van der Waals surface area (Å²) in [5.41, 5.74) is 1.08. The normalized spacial score (nSPS) is 21.2. The fraction of sp³-hybridized carbons (Fsp3) is 0.647. The van der Waals surface area contributed by atoms with E-state index in [1.807, 2.05) is 26.0 Å². The number of benzene rings is 1. The zero-order valence-corrected chi connectivity index (χ0v) is 13.6. The van der Waals surface area contributed by atoms with Gasteiger partial charge in [0.1, 0.15) is 5.82 Å². The molecule has 1 aromatic rings. The van der Waals surface area contributed by atoms with Crippen LogP contribution in [0.1, 0.15) is 46.2 Å². The summed E-state index contributed by atoms with van der Waals surface area (Å²) < 4.78 is 24.5. The highest BCUT2D eigenvalue weighted by Crippen LogP contribution is 2.33. The number of hydrogen-bond donors (Lipinski definition) is 1. The van der Waals surface area contributed by atoms with Crippen LogP contribution in [0.25, 0.3) is 0 Å². The Morgan fingerprint density at radius 2 is 1.67 bits per heavy atom. The second kappa shape index (κ2) is 6.03. The van der Waals surface area contributed by atoms with Crippen molar-refractivity contribution in [1.82, 2.24) is 5.32 Å². The van der Waals surface area contributed by atoms with Gasteiger partial charge in [-0.25, -0.2) is 4.39 Å². The van der Waals surface area contributed by atoms with Gasteiger partial charge in [-0.05, 0) is 37.0 Å². The topological polar surface area (TPSA) is 30.5 Å². The van der Waals surface area contributed by atoms with Crippen LogP contribution in [0, 0.1) is 11.2 Å². The lowest BCUT2D eigenvalue weighted by molar-refractivity contribution is -0.254. The maximum atomic E-state index is 13.1. The lowest BCUT2D eigenvalue weighted by atomic mass is 9.82. The summed E-state index contributed by atoms with van der Waals surface area (Å²) in [5.74, 6) is -0.719. The Hall–Kier alpha value is -0.970. The largest absolute Gasteiger partial charge is 0.349 e. The predicted molar refractivity (Wildman–Crippen MR) is 81.5 cm³/mol. The van der Waals surface area contributed by atoms with E-state index in [1.54, 1.807) is 0 Å². The number of nitrogens with one attached hydrogen (secondary N) is 1. The Kier molecular flexibility index (Phi) is 4.71. The third-order valence-corrected chi connectivity index (χ3v) is 3.74. The van der Waals surface area contributed by atoms with Crippen LogP contribution in [0.4, 0.5) is 4.39 Å². The van der Waals surface area contributed by atoms with Gasteiger partial charge in [0.05, 0.1) is 19.3 Å². The van der Waals surface area contributed by atoms with Crippen molar-refractivity contribution in [3.05, 3.63) is 35.6 Å². The molecule has 4 heteroatoms. The van der Waals surface area contributed by atoms with Crippen molar-refractivity contribution in [3.8, 4) is 0 Å². The number of halogens is 1. The smallest absolute Gasteiger partial charge is 0.162 e. The highest BCUT2D eigenvalue weighted by molar-refractivity contribution is 5.22. The van der Waals surface area contributed by atoms with Crippen LogP contribution in [0.3, 0.4) is 0 Å². The van der Waals surface area contributed by atoms with Crippen molar-refractivity contribution >= 4 is 0 Å². The molecule has 1 unspecified atom stereocenters. The van der Waals surface area contributed by atoms with Crippen LogP contribution in [0.15, 0.2) is 24.3 Å². The van der Waals surface area contributed by atoms with E-state index in [0.29, 0.717) is 13.2 Å². The average molecular weight is 295 g/mol. The van der Waals surface area contributed by atoms with Gasteiger partial charge in [-0.1, -0.05) is 32.9 Å². The molecule has 2 rings (SSSR count). The zero-order valence-electron chi connectivity index (χ0n) is 13.6. The average Bonchev–Trinajstić information content (AvgIpc) is 2.37. The maximum absolute atomic E-state index is 13.1. The predicted octanol–water partition coefficient (Wildman–Crippen LogP) is 3.65. The molecule has 21 heavy (non-hydrogen) atoms. The van der Waals surface area contributed by atoms with Crippen molar-refractivity contribution in [2.75, 3.05) is 13.2 Å². The minimum Gasteiger partial charge on any atom is -0.349 e. The summed E-state index contributed by atoms with van der Waals surface area (Å²) in [6.45, 7) is 11.6. The van der Waals surface area contributed by atoms with Gasteiger partial charge in [0.25, 0.3) is 0 Å². The van der Waals surface area contributed by atoms with E-state index in [-0.39, 0.29) is 23.3 Å². The Balaban J connectivity index is 2.10. The number of hydrogen-bond acceptors (Lipinski definition) is 3. The third kappa shape index (κ3) is 4.50. The molecule has 1 heterocycles. The van der Waals surface area contributed by atoms with Crippen molar-refractivity contribution in [3.63, 3.8) is 0 Å². The van der Waals surface area contributed by atoms with E-state index < -0.39 is 5.79 Å². The van der Waals surface area contributed by atoms with Crippen LogP contribution in [0.2, 0.25) is 0 Å². The van der Waals surface area contributed by atoms with Gasteiger partial charge in [-0.15, -0.1) is 0 Å². The third-order valence-electron chi connectivity index (χ3n) is 3.74. The van der Waals surface area contributed by atoms with Gasteiger partial charge in [-0.3, -0.25) is 0 Å². The lowest BCUT2D eigenvalue weighted by Crippen LogP contribution is -2.51. The molecule has 1 N–H and O–H groups in total. The summed E-state index contributed by atoms with van der Waals surface area (Å²) in [6.07, 6.45) is 0. The fourth-order valence-electron chi connectivity index (χ4n) is 2.53. The minimum absolute atomic E-state index is 0.00476. The summed E-state index contributed by atoms with van der Waals surface area (Å²) in [7, 11) is 0. The molecule has 0 bridgehead atoms. The second-order valence-corrected chi connectivity index (χ2v) is 7.24. The van der Waals surface area contributed by atoms with E-state index in [9.17, 15) is 4.39 Å². The van der Waals surface area contributed by atoms with Crippen LogP contribution in [0.5, 0.6) is 0 Å². The van der Waals surface area contributed by atoms with Crippen molar-refractivity contribution < 1.29 is 13.9 Å². The highest BCUT2D eigenvalue weighted by atomic mass is 19.1. The molecule has 0 aliphatic carbocycles. The van der Waals surface area contributed by atoms with Crippen LogP contribution in [-0.4, -0.2) is 25.0 Å². The molecule has 0 radical (unpaired) electrons. The molecule has 1 aliphatic heterocycles. The Labute approximate surface area is 126 Å². The van der Waals surface area contributed by atoms with Gasteiger partial charge < -0.3 is 14.8 Å². The standard InChI is InChI=1S/C17H26FNO2/c1-16(2,3)15(12-6-8-13(18)9-7-12)19-14-10-20-17(4,5)21-11-14/h6-9,14-15,19H,10-11H2,1-5H3. The molecule has 1 aromatic carbocycles. The number of rotatable bonds is 3. The summed E-state index contributed by atoms with van der Waals surface area (Å²) in [4.78, 5) is 0. The maximum Gasteiger partial charge on any atom is 0.162 e. The lowest BCUT2D eigenvalue weighted by Gasteiger charge is -2.40. The van der Waals surface area contributed by atoms with E-state index in [0.717, 1.165) is 5.56 Å². The van der Waals surface area contributed by atoms with E-state index in [2.05, 4.69) is 26.1 Å². The van der Waals surface area contributed by atoms with Gasteiger partial charge in [-0.2, -0.15) is 0 Å². The molecule has 0 spiro atoms. The van der Waals surface area contributed by atoms with Gasteiger partial charge in [0, 0.05) is 6.04 Å². The van der Waals surface area contributed by atoms with Crippen LogP contribution >= 0.6 is 0 Å². The molecule has 118 valence electrons. The summed E-state index contributed by atoms with van der Waals surface area (Å²) in [5, 5.41) is 3.60. The fourth-order valence-corrected chi connectivity index (χ4v) is 2.53. The molecule has 1 fully saturated rings. The minimum atomic E-state index is -0.509. The summed E-state index contributed by atoms with van der Waals surface area (Å²) >= 11 is 0. The van der Waals surface area contributed by atoms with Crippen LogP contribution in [-0.2, 0) is 9.47 Å². The molecule has 1 atom stereocenters. The first-order chi connectivity index (χ1) is 9.67. The molecule has 3 nitrogen and oxygen atoms in total. The first-order valence-electron chi connectivity index (χ1n) is 7.47. The monoisotopic (exact) mass is 295 g/mol.